The maximum atomic E-state index is 13.1. The van der Waals surface area contributed by atoms with Gasteiger partial charge in [-0.2, -0.15) is 4.31 Å². The number of hydrogen-bond acceptors (Lipinski definition) is 4. The summed E-state index contributed by atoms with van der Waals surface area (Å²) in [5, 5.41) is 0.176. The average molecular weight is 386 g/mol. The van der Waals surface area contributed by atoms with Crippen LogP contribution in [0.25, 0.3) is 16.8 Å². The van der Waals surface area contributed by atoms with Gasteiger partial charge in [0.2, 0.25) is 0 Å². The summed E-state index contributed by atoms with van der Waals surface area (Å²) in [5.74, 6) is 0. The van der Waals surface area contributed by atoms with E-state index in [4.69, 9.17) is 0 Å². The Balaban J connectivity index is 1.86. The van der Waals surface area contributed by atoms with E-state index in [-0.39, 0.29) is 16.6 Å². The van der Waals surface area contributed by atoms with Crippen molar-refractivity contribution in [2.75, 3.05) is 6.54 Å². The van der Waals surface area contributed by atoms with E-state index in [9.17, 15) is 13.2 Å². The van der Waals surface area contributed by atoms with Gasteiger partial charge in [0.1, 0.15) is 5.65 Å². The van der Waals surface area contributed by atoms with Crippen molar-refractivity contribution >= 4 is 15.7 Å². The largest absolute Gasteiger partial charge is 0.318 e. The minimum atomic E-state index is -3.61. The second kappa shape index (κ2) is 6.31. The predicted octanol–water partition coefficient (Wildman–Crippen LogP) is 2.18. The summed E-state index contributed by atoms with van der Waals surface area (Å²) in [6.45, 7) is 4.25. The Morgan fingerprint density at radius 2 is 1.96 bits per heavy atom. The smallest absolute Gasteiger partial charge is 0.260 e. The zero-order valence-electron chi connectivity index (χ0n) is 15.6. The quantitative estimate of drug-likeness (QED) is 0.691. The number of rotatable bonds is 3. The van der Waals surface area contributed by atoms with Crippen LogP contribution in [-0.2, 0) is 17.1 Å². The Labute approximate surface area is 157 Å². The number of pyridine rings is 2. The number of aryl methyl sites for hydroxylation is 2. The monoisotopic (exact) mass is 386 g/mol. The summed E-state index contributed by atoms with van der Waals surface area (Å²) in [4.78, 5) is 16.2. The van der Waals surface area contributed by atoms with Crippen molar-refractivity contribution in [3.05, 3.63) is 52.7 Å². The van der Waals surface area contributed by atoms with Gasteiger partial charge in [0, 0.05) is 37.6 Å². The fourth-order valence-corrected chi connectivity index (χ4v) is 5.51. The Kier molecular flexibility index (Phi) is 4.20. The molecule has 0 bridgehead atoms. The SMILES string of the molecule is Cc1cc(-c2ccc3ncc(S(=O)(=O)N4CCC[C@@H]4C)n3c2)cn(C)c1=O. The zero-order valence-corrected chi connectivity index (χ0v) is 16.4. The van der Waals surface area contributed by atoms with E-state index < -0.39 is 10.0 Å². The molecule has 0 spiro atoms. The van der Waals surface area contributed by atoms with E-state index in [0.717, 1.165) is 24.0 Å². The highest BCUT2D eigenvalue weighted by Gasteiger charge is 2.34. The topological polar surface area (TPSA) is 76.7 Å². The van der Waals surface area contributed by atoms with Crippen LogP contribution in [0.4, 0.5) is 0 Å². The maximum absolute atomic E-state index is 13.1. The van der Waals surface area contributed by atoms with Gasteiger partial charge in [-0.25, -0.2) is 13.4 Å². The first kappa shape index (κ1) is 17.9. The highest BCUT2D eigenvalue weighted by Crippen LogP contribution is 2.27. The van der Waals surface area contributed by atoms with Gasteiger partial charge in [0.25, 0.3) is 15.6 Å². The van der Waals surface area contributed by atoms with Gasteiger partial charge in [-0.15, -0.1) is 0 Å². The first-order valence-corrected chi connectivity index (χ1v) is 10.4. The molecule has 7 nitrogen and oxygen atoms in total. The lowest BCUT2D eigenvalue weighted by molar-refractivity contribution is 0.406. The summed E-state index contributed by atoms with van der Waals surface area (Å²) in [6, 6.07) is 5.49. The molecule has 27 heavy (non-hydrogen) atoms. The lowest BCUT2D eigenvalue weighted by atomic mass is 10.1. The number of aromatic nitrogens is 3. The second-order valence-electron chi connectivity index (χ2n) is 7.18. The molecule has 0 saturated carbocycles. The molecule has 142 valence electrons. The fourth-order valence-electron chi connectivity index (χ4n) is 3.74. The Morgan fingerprint density at radius 1 is 1.19 bits per heavy atom. The van der Waals surface area contributed by atoms with E-state index in [1.54, 1.807) is 41.1 Å². The molecule has 1 aliphatic rings. The highest BCUT2D eigenvalue weighted by atomic mass is 32.2. The van der Waals surface area contributed by atoms with Crippen LogP contribution in [0.2, 0.25) is 0 Å². The van der Waals surface area contributed by atoms with E-state index in [1.807, 2.05) is 19.1 Å². The normalized spacial score (nSPS) is 18.4. The third-order valence-electron chi connectivity index (χ3n) is 5.23. The molecule has 3 aromatic rings. The predicted molar refractivity (Wildman–Crippen MR) is 103 cm³/mol. The van der Waals surface area contributed by atoms with Crippen LogP contribution in [0.15, 0.2) is 46.6 Å². The third-order valence-corrected chi connectivity index (χ3v) is 7.22. The highest BCUT2D eigenvalue weighted by molar-refractivity contribution is 7.89. The van der Waals surface area contributed by atoms with Gasteiger partial charge in [-0.1, -0.05) is 0 Å². The molecule has 0 unspecified atom stereocenters. The summed E-state index contributed by atoms with van der Waals surface area (Å²) in [5.41, 5.74) is 2.84. The molecule has 4 rings (SSSR count). The second-order valence-corrected chi connectivity index (χ2v) is 9.01. The van der Waals surface area contributed by atoms with E-state index in [0.29, 0.717) is 17.8 Å². The van der Waals surface area contributed by atoms with Crippen LogP contribution in [-0.4, -0.2) is 39.3 Å². The van der Waals surface area contributed by atoms with Crippen LogP contribution >= 0.6 is 0 Å². The van der Waals surface area contributed by atoms with Crippen LogP contribution in [0.1, 0.15) is 25.3 Å². The molecule has 8 heteroatoms. The minimum Gasteiger partial charge on any atom is -0.318 e. The Hall–Kier alpha value is -2.45. The minimum absolute atomic E-state index is 0.00460. The molecule has 0 radical (unpaired) electrons. The molecule has 0 N–H and O–H groups in total. The van der Waals surface area contributed by atoms with Crippen molar-refractivity contribution in [1.82, 2.24) is 18.3 Å². The molecule has 4 heterocycles. The number of hydrogen-bond donors (Lipinski definition) is 0. The zero-order chi connectivity index (χ0) is 19.3. The average Bonchev–Trinajstić information content (AvgIpc) is 3.25. The van der Waals surface area contributed by atoms with Gasteiger partial charge in [0.05, 0.1) is 6.20 Å². The van der Waals surface area contributed by atoms with Crippen LogP contribution in [0.3, 0.4) is 0 Å². The standard InChI is InChI=1S/C19H22N4O3S/c1-13-9-16(11-21(3)19(13)24)15-6-7-17-20-10-18(22(17)12-15)27(25,26)23-8-4-5-14(23)2/h6-7,9-12,14H,4-5,8H2,1-3H3/t14-/m0/s1. The van der Waals surface area contributed by atoms with Gasteiger partial charge in [0.15, 0.2) is 5.03 Å². The van der Waals surface area contributed by atoms with Gasteiger partial charge in [-0.05, 0) is 56.0 Å². The van der Waals surface area contributed by atoms with Crippen LogP contribution in [0, 0.1) is 6.92 Å². The molecule has 1 saturated heterocycles. The lowest BCUT2D eigenvalue weighted by Crippen LogP contribution is -2.34. The number of sulfonamides is 1. The summed E-state index contributed by atoms with van der Waals surface area (Å²) in [7, 11) is -1.91. The van der Waals surface area contributed by atoms with Crippen molar-refractivity contribution in [2.24, 2.45) is 7.05 Å². The van der Waals surface area contributed by atoms with Crippen molar-refractivity contribution in [1.29, 1.82) is 0 Å². The Bertz CT molecular complexity index is 1170. The summed E-state index contributed by atoms with van der Waals surface area (Å²) < 4.78 is 31.0. The lowest BCUT2D eigenvalue weighted by Gasteiger charge is -2.20. The van der Waals surface area contributed by atoms with Gasteiger partial charge >= 0.3 is 0 Å². The number of nitrogens with zero attached hydrogens (tertiary/aromatic N) is 4. The third kappa shape index (κ3) is 2.89. The van der Waals surface area contributed by atoms with Gasteiger partial charge < -0.3 is 4.57 Å². The van der Waals surface area contributed by atoms with E-state index in [1.165, 1.54) is 10.8 Å². The molecule has 1 aliphatic heterocycles. The molecular weight excluding hydrogens is 364 g/mol. The molecule has 0 aliphatic carbocycles. The first-order valence-electron chi connectivity index (χ1n) is 8.95. The summed E-state index contributed by atoms with van der Waals surface area (Å²) >= 11 is 0. The van der Waals surface area contributed by atoms with Crippen molar-refractivity contribution < 1.29 is 8.42 Å². The molecule has 0 aromatic carbocycles. The molecule has 3 aromatic heterocycles. The molecule has 1 fully saturated rings. The first-order chi connectivity index (χ1) is 12.8. The maximum Gasteiger partial charge on any atom is 0.260 e. The van der Waals surface area contributed by atoms with Crippen LogP contribution < -0.4 is 5.56 Å². The molecule has 1 atom stereocenters. The van der Waals surface area contributed by atoms with E-state index in [2.05, 4.69) is 4.98 Å². The summed E-state index contributed by atoms with van der Waals surface area (Å²) in [6.07, 6.45) is 6.70. The van der Waals surface area contributed by atoms with Gasteiger partial charge in [-0.3, -0.25) is 9.20 Å². The molecule has 0 amide bonds. The fraction of sp³-hybridized carbons (Fsp3) is 0.368. The van der Waals surface area contributed by atoms with Crippen molar-refractivity contribution in [3.63, 3.8) is 0 Å². The van der Waals surface area contributed by atoms with Crippen molar-refractivity contribution in [3.8, 4) is 11.1 Å². The van der Waals surface area contributed by atoms with Crippen LogP contribution in [0.5, 0.6) is 0 Å². The number of fused-ring (bicyclic) bond motifs is 1. The number of imidazole rings is 1. The van der Waals surface area contributed by atoms with E-state index >= 15 is 0 Å². The Morgan fingerprint density at radius 3 is 2.63 bits per heavy atom. The van der Waals surface area contributed by atoms with Crippen molar-refractivity contribution in [2.45, 2.75) is 37.8 Å². The molecular formula is C19H22N4O3S.